The molecule has 120 valence electrons. The van der Waals surface area contributed by atoms with Gasteiger partial charge >= 0.3 is 0 Å². The molecule has 0 bridgehead atoms. The van der Waals surface area contributed by atoms with Gasteiger partial charge in [0.05, 0.1) is 13.2 Å². The van der Waals surface area contributed by atoms with Gasteiger partial charge in [-0.25, -0.2) is 0 Å². The van der Waals surface area contributed by atoms with Crippen LogP contribution in [0.4, 0.5) is 0 Å². The van der Waals surface area contributed by atoms with E-state index < -0.39 is 11.6 Å². The second kappa shape index (κ2) is 6.75. The molecule has 6 nitrogen and oxygen atoms in total. The number of carbonyl (C=O) groups excluding carboxylic acids is 2. The van der Waals surface area contributed by atoms with E-state index in [-0.39, 0.29) is 11.8 Å². The maximum absolute atomic E-state index is 12.7. The molecular weight excluding hydrogens is 272 g/mol. The van der Waals surface area contributed by atoms with E-state index in [4.69, 9.17) is 9.47 Å². The lowest BCUT2D eigenvalue weighted by Crippen LogP contribution is -2.51. The molecule has 2 unspecified atom stereocenters. The molecule has 2 aliphatic heterocycles. The van der Waals surface area contributed by atoms with Gasteiger partial charge in [-0.05, 0) is 12.3 Å². The Morgan fingerprint density at radius 1 is 1.48 bits per heavy atom. The third-order valence-corrected chi connectivity index (χ3v) is 4.24. The normalized spacial score (nSPS) is 30.7. The first-order valence-corrected chi connectivity index (χ1v) is 7.67. The fraction of sp³-hybridized carbons (Fsp3) is 0.867. The van der Waals surface area contributed by atoms with Crippen LogP contribution in [0.15, 0.2) is 0 Å². The molecule has 6 heteroatoms. The van der Waals surface area contributed by atoms with Crippen LogP contribution >= 0.6 is 0 Å². The van der Waals surface area contributed by atoms with E-state index >= 15 is 0 Å². The average Bonchev–Trinajstić information content (AvgIpc) is 2.86. The summed E-state index contributed by atoms with van der Waals surface area (Å²) in [6, 6.07) is -0.420. The smallest absolute Gasteiger partial charge is 0.245 e. The number of methoxy groups -OCH3 is 1. The minimum absolute atomic E-state index is 0.00197. The zero-order chi connectivity index (χ0) is 15.5. The van der Waals surface area contributed by atoms with Crippen LogP contribution in [-0.2, 0) is 19.1 Å². The van der Waals surface area contributed by atoms with E-state index in [9.17, 15) is 9.59 Å². The highest BCUT2D eigenvalue weighted by molar-refractivity contribution is 5.90. The van der Waals surface area contributed by atoms with E-state index in [2.05, 4.69) is 19.2 Å². The number of hydrogen-bond acceptors (Lipinski definition) is 4. The van der Waals surface area contributed by atoms with Gasteiger partial charge < -0.3 is 19.7 Å². The predicted octanol–water partition coefficient (Wildman–Crippen LogP) is 0.555. The Kier molecular flexibility index (Phi) is 5.22. The molecule has 0 aromatic heterocycles. The van der Waals surface area contributed by atoms with Crippen molar-refractivity contribution in [2.24, 2.45) is 5.92 Å². The Hall–Kier alpha value is -1.14. The first kappa shape index (κ1) is 16.2. The van der Waals surface area contributed by atoms with Crippen molar-refractivity contribution in [3.05, 3.63) is 0 Å². The Morgan fingerprint density at radius 3 is 2.81 bits per heavy atom. The van der Waals surface area contributed by atoms with Crippen molar-refractivity contribution in [3.63, 3.8) is 0 Å². The third kappa shape index (κ3) is 3.95. The topological polar surface area (TPSA) is 67.9 Å². The minimum atomic E-state index is -0.425. The highest BCUT2D eigenvalue weighted by Gasteiger charge is 2.40. The van der Waals surface area contributed by atoms with E-state index in [1.165, 1.54) is 0 Å². The molecule has 0 radical (unpaired) electrons. The zero-order valence-electron chi connectivity index (χ0n) is 13.2. The molecule has 2 aliphatic rings. The summed E-state index contributed by atoms with van der Waals surface area (Å²) in [5.74, 6) is 0.300. The number of nitrogens with one attached hydrogen (secondary N) is 1. The number of hydrogen-bond donors (Lipinski definition) is 1. The maximum atomic E-state index is 12.7. The first-order chi connectivity index (χ1) is 9.96. The first-order valence-electron chi connectivity index (χ1n) is 7.67. The van der Waals surface area contributed by atoms with E-state index in [1.54, 1.807) is 12.0 Å². The van der Waals surface area contributed by atoms with Crippen molar-refractivity contribution in [3.8, 4) is 0 Å². The molecule has 0 spiro atoms. The third-order valence-electron chi connectivity index (χ3n) is 4.24. The summed E-state index contributed by atoms with van der Waals surface area (Å²) < 4.78 is 11.0. The van der Waals surface area contributed by atoms with Gasteiger partial charge in [-0.3, -0.25) is 9.59 Å². The summed E-state index contributed by atoms with van der Waals surface area (Å²) in [6.45, 7) is 6.20. The van der Waals surface area contributed by atoms with Gasteiger partial charge in [0.25, 0.3) is 0 Å². The summed E-state index contributed by atoms with van der Waals surface area (Å²) in [5.41, 5.74) is -0.425. The Balaban J connectivity index is 2.09. The van der Waals surface area contributed by atoms with Crippen LogP contribution in [0.25, 0.3) is 0 Å². The van der Waals surface area contributed by atoms with Gasteiger partial charge in [0.1, 0.15) is 11.6 Å². The summed E-state index contributed by atoms with van der Waals surface area (Å²) in [6.07, 6.45) is 1.79. The molecule has 0 aromatic rings. The fourth-order valence-corrected chi connectivity index (χ4v) is 2.97. The van der Waals surface area contributed by atoms with Gasteiger partial charge in [0.2, 0.25) is 11.8 Å². The van der Waals surface area contributed by atoms with Crippen LogP contribution in [0.1, 0.15) is 33.1 Å². The van der Waals surface area contributed by atoms with Gasteiger partial charge in [-0.15, -0.1) is 0 Å². The molecule has 2 heterocycles. The van der Waals surface area contributed by atoms with Crippen LogP contribution < -0.4 is 5.32 Å². The molecule has 2 atom stereocenters. The van der Waals surface area contributed by atoms with Crippen molar-refractivity contribution in [2.45, 2.75) is 44.8 Å². The maximum Gasteiger partial charge on any atom is 0.245 e. The number of nitrogens with zero attached hydrogens (tertiary/aromatic N) is 1. The van der Waals surface area contributed by atoms with Crippen molar-refractivity contribution < 1.29 is 19.1 Å². The highest BCUT2D eigenvalue weighted by atomic mass is 16.5. The number of carbonyl (C=O) groups is 2. The molecule has 0 saturated carbocycles. The van der Waals surface area contributed by atoms with E-state index in [0.29, 0.717) is 45.1 Å². The van der Waals surface area contributed by atoms with Gasteiger partial charge in [0.15, 0.2) is 0 Å². The Bertz CT molecular complexity index is 391. The Labute approximate surface area is 126 Å². The predicted molar refractivity (Wildman–Crippen MR) is 77.8 cm³/mol. The van der Waals surface area contributed by atoms with Crippen LogP contribution in [0.3, 0.4) is 0 Å². The van der Waals surface area contributed by atoms with Gasteiger partial charge in [-0.2, -0.15) is 0 Å². The number of rotatable bonds is 5. The monoisotopic (exact) mass is 298 g/mol. The number of amides is 2. The quantitative estimate of drug-likeness (QED) is 0.805. The largest absolute Gasteiger partial charge is 0.378 e. The standard InChI is InChI=1S/C15H26N2O4/c1-11(2)8-12-14(19)17(6-4-13(18)16-12)9-15(20-3)5-7-21-10-15/h11-12H,4-10H2,1-3H3,(H,16,18). The average molecular weight is 298 g/mol. The van der Waals surface area contributed by atoms with E-state index in [1.807, 2.05) is 0 Å². The van der Waals surface area contributed by atoms with Crippen LogP contribution in [-0.4, -0.2) is 61.8 Å². The van der Waals surface area contributed by atoms with Gasteiger partial charge in [-0.1, -0.05) is 13.8 Å². The molecule has 1 N–H and O–H groups in total. The number of ether oxygens (including phenoxy) is 2. The second-order valence-corrected chi connectivity index (χ2v) is 6.45. The molecular formula is C15H26N2O4. The lowest BCUT2D eigenvalue weighted by Gasteiger charge is -2.33. The summed E-state index contributed by atoms with van der Waals surface area (Å²) in [4.78, 5) is 26.3. The zero-order valence-corrected chi connectivity index (χ0v) is 13.2. The van der Waals surface area contributed by atoms with Crippen molar-refractivity contribution >= 4 is 11.8 Å². The molecule has 0 aromatic carbocycles. The minimum Gasteiger partial charge on any atom is -0.378 e. The summed E-state index contributed by atoms with van der Waals surface area (Å²) >= 11 is 0. The lowest BCUT2D eigenvalue weighted by molar-refractivity contribution is -0.138. The fourth-order valence-electron chi connectivity index (χ4n) is 2.97. The SMILES string of the molecule is COC1(CN2CCC(=O)NC(CC(C)C)C2=O)CCOC1. The van der Waals surface area contributed by atoms with Crippen molar-refractivity contribution in [2.75, 3.05) is 33.4 Å². The summed E-state index contributed by atoms with van der Waals surface area (Å²) in [7, 11) is 1.66. The Morgan fingerprint density at radius 2 is 2.24 bits per heavy atom. The van der Waals surface area contributed by atoms with Crippen LogP contribution in [0.5, 0.6) is 0 Å². The van der Waals surface area contributed by atoms with Crippen LogP contribution in [0, 0.1) is 5.92 Å². The lowest BCUT2D eigenvalue weighted by atomic mass is 10.00. The molecule has 2 amide bonds. The summed E-state index contributed by atoms with van der Waals surface area (Å²) in [5, 5.41) is 2.84. The van der Waals surface area contributed by atoms with E-state index in [0.717, 1.165) is 6.42 Å². The van der Waals surface area contributed by atoms with Crippen molar-refractivity contribution in [1.29, 1.82) is 0 Å². The molecule has 2 rings (SSSR count). The van der Waals surface area contributed by atoms with Gasteiger partial charge in [0, 0.05) is 33.1 Å². The van der Waals surface area contributed by atoms with Crippen LogP contribution in [0.2, 0.25) is 0 Å². The second-order valence-electron chi connectivity index (χ2n) is 6.45. The van der Waals surface area contributed by atoms with Crippen molar-refractivity contribution in [1.82, 2.24) is 10.2 Å². The highest BCUT2D eigenvalue weighted by Crippen LogP contribution is 2.25. The molecule has 2 fully saturated rings. The molecule has 0 aliphatic carbocycles. The molecule has 2 saturated heterocycles. The molecule has 21 heavy (non-hydrogen) atoms.